The van der Waals surface area contributed by atoms with Gasteiger partial charge in [0.25, 0.3) is 0 Å². The van der Waals surface area contributed by atoms with Crippen LogP contribution in [0.1, 0.15) is 55.3 Å². The first kappa shape index (κ1) is 18.8. The van der Waals surface area contributed by atoms with Crippen molar-refractivity contribution in [3.8, 4) is 5.75 Å². The molecule has 0 atom stereocenters. The van der Waals surface area contributed by atoms with Crippen LogP contribution in [0.15, 0.2) is 39.8 Å². The number of benzene rings is 1. The Morgan fingerprint density at radius 2 is 1.88 bits per heavy atom. The van der Waals surface area contributed by atoms with E-state index in [1.807, 2.05) is 26.8 Å². The lowest BCUT2D eigenvalue weighted by molar-refractivity contribution is 0.0515. The summed E-state index contributed by atoms with van der Waals surface area (Å²) in [4.78, 5) is 12.2. The molecule has 1 N–H and O–H groups in total. The van der Waals surface area contributed by atoms with Gasteiger partial charge in [0.2, 0.25) is 5.76 Å². The molecular weight excluding hydrogens is 316 g/mol. The van der Waals surface area contributed by atoms with Crippen LogP contribution >= 0.6 is 0 Å². The Morgan fingerprint density at radius 3 is 2.56 bits per heavy atom. The second-order valence-electron chi connectivity index (χ2n) is 6.64. The average Bonchev–Trinajstić information content (AvgIpc) is 2.96. The molecule has 0 saturated carbocycles. The van der Waals surface area contributed by atoms with Crippen LogP contribution in [0.3, 0.4) is 0 Å². The van der Waals surface area contributed by atoms with E-state index >= 15 is 0 Å². The zero-order valence-electron chi connectivity index (χ0n) is 15.6. The maximum atomic E-state index is 12.2. The van der Waals surface area contributed by atoms with Crippen molar-refractivity contribution in [1.29, 1.82) is 0 Å². The van der Waals surface area contributed by atoms with Crippen LogP contribution in [-0.2, 0) is 4.74 Å². The summed E-state index contributed by atoms with van der Waals surface area (Å²) < 4.78 is 10.9. The summed E-state index contributed by atoms with van der Waals surface area (Å²) in [6, 6.07) is 3.21. The molecule has 1 aromatic carbocycles. The Morgan fingerprint density at radius 1 is 1.16 bits per heavy atom. The Balaban J connectivity index is 2.01. The van der Waals surface area contributed by atoms with Crippen molar-refractivity contribution >= 4 is 16.9 Å². The Bertz CT molecular complexity index is 833. The fourth-order valence-electron chi connectivity index (χ4n) is 2.55. The van der Waals surface area contributed by atoms with Crippen molar-refractivity contribution in [3.05, 3.63) is 52.3 Å². The highest BCUT2D eigenvalue weighted by Crippen LogP contribution is 2.31. The van der Waals surface area contributed by atoms with Gasteiger partial charge in [-0.1, -0.05) is 17.2 Å². The molecule has 0 aliphatic carbocycles. The highest BCUT2D eigenvalue weighted by Gasteiger charge is 2.17. The minimum atomic E-state index is -0.499. The molecule has 0 amide bonds. The number of furan rings is 1. The molecular formula is C21H26O4. The van der Waals surface area contributed by atoms with E-state index in [0.717, 1.165) is 24.0 Å². The van der Waals surface area contributed by atoms with Crippen molar-refractivity contribution in [2.75, 3.05) is 6.61 Å². The van der Waals surface area contributed by atoms with Crippen LogP contribution in [0, 0.1) is 13.8 Å². The number of hydrogen-bond acceptors (Lipinski definition) is 4. The summed E-state index contributed by atoms with van der Waals surface area (Å²) in [5.41, 5.74) is 4.67. The van der Waals surface area contributed by atoms with Crippen molar-refractivity contribution in [1.82, 2.24) is 0 Å². The van der Waals surface area contributed by atoms with E-state index in [0.29, 0.717) is 11.0 Å². The second-order valence-corrected chi connectivity index (χ2v) is 6.64. The largest absolute Gasteiger partial charge is 0.508 e. The lowest BCUT2D eigenvalue weighted by Gasteiger charge is -2.03. The van der Waals surface area contributed by atoms with Gasteiger partial charge in [-0.2, -0.15) is 0 Å². The molecule has 0 aliphatic heterocycles. The van der Waals surface area contributed by atoms with Crippen LogP contribution in [-0.4, -0.2) is 17.7 Å². The molecule has 0 aliphatic rings. The summed E-state index contributed by atoms with van der Waals surface area (Å²) in [5, 5.41) is 10.6. The third-order valence-electron chi connectivity index (χ3n) is 4.28. The third kappa shape index (κ3) is 4.75. The molecule has 1 aromatic heterocycles. The molecule has 1 heterocycles. The molecule has 2 rings (SSSR count). The van der Waals surface area contributed by atoms with Gasteiger partial charge in [-0.05, 0) is 76.8 Å². The first-order valence-corrected chi connectivity index (χ1v) is 8.48. The van der Waals surface area contributed by atoms with E-state index in [-0.39, 0.29) is 18.1 Å². The lowest BCUT2D eigenvalue weighted by atomic mass is 10.1. The molecule has 0 spiro atoms. The van der Waals surface area contributed by atoms with Gasteiger partial charge in [0, 0.05) is 5.39 Å². The van der Waals surface area contributed by atoms with E-state index in [9.17, 15) is 9.90 Å². The molecule has 0 fully saturated rings. The van der Waals surface area contributed by atoms with Gasteiger partial charge >= 0.3 is 5.97 Å². The number of hydrogen-bond donors (Lipinski definition) is 1. The van der Waals surface area contributed by atoms with Crippen molar-refractivity contribution in [2.45, 2.75) is 47.5 Å². The number of esters is 1. The van der Waals surface area contributed by atoms with E-state index in [4.69, 9.17) is 9.15 Å². The van der Waals surface area contributed by atoms with Gasteiger partial charge < -0.3 is 14.3 Å². The van der Waals surface area contributed by atoms with Crippen molar-refractivity contribution in [3.63, 3.8) is 0 Å². The monoisotopic (exact) mass is 342 g/mol. The summed E-state index contributed by atoms with van der Waals surface area (Å²) in [6.45, 7) is 10.1. The fourth-order valence-corrected chi connectivity index (χ4v) is 2.55. The third-order valence-corrected chi connectivity index (χ3v) is 4.28. The summed E-state index contributed by atoms with van der Waals surface area (Å²) in [7, 11) is 0. The number of aromatic hydroxyl groups is 1. The highest BCUT2D eigenvalue weighted by atomic mass is 16.5. The van der Waals surface area contributed by atoms with E-state index in [1.165, 1.54) is 11.1 Å². The number of carbonyl (C=O) groups excluding carboxylic acids is 1. The lowest BCUT2D eigenvalue weighted by Crippen LogP contribution is -2.04. The normalized spacial score (nSPS) is 11.6. The topological polar surface area (TPSA) is 59.7 Å². The number of allylic oxidation sites excluding steroid dienone is 3. The smallest absolute Gasteiger partial charge is 0.374 e. The minimum absolute atomic E-state index is 0.152. The molecule has 134 valence electrons. The highest BCUT2D eigenvalue weighted by molar-refractivity contribution is 5.94. The molecule has 4 nitrogen and oxygen atoms in total. The molecule has 25 heavy (non-hydrogen) atoms. The standard InChI is InChI=1S/C21H26O4/c1-13(2)7-6-8-14(3)9-10-24-21(23)19-12-17-11-18(22)15(4)16(5)20(17)25-19/h7,9,11-12,22H,6,8,10H2,1-5H3/b14-9+. The fraction of sp³-hybridized carbons (Fsp3) is 0.381. The maximum Gasteiger partial charge on any atom is 0.374 e. The summed E-state index contributed by atoms with van der Waals surface area (Å²) in [5.74, 6) is -0.152. The minimum Gasteiger partial charge on any atom is -0.508 e. The molecule has 0 radical (unpaired) electrons. The van der Waals surface area contributed by atoms with Gasteiger partial charge in [0.15, 0.2) is 0 Å². The molecule has 0 bridgehead atoms. The number of ether oxygens (including phenoxy) is 1. The zero-order chi connectivity index (χ0) is 18.6. The first-order valence-electron chi connectivity index (χ1n) is 8.48. The number of phenols is 1. The van der Waals surface area contributed by atoms with E-state index in [1.54, 1.807) is 12.1 Å². The quantitative estimate of drug-likeness (QED) is 0.548. The predicted molar refractivity (Wildman–Crippen MR) is 100 cm³/mol. The maximum absolute atomic E-state index is 12.2. The van der Waals surface area contributed by atoms with Crippen LogP contribution in [0.4, 0.5) is 0 Å². The van der Waals surface area contributed by atoms with Crippen molar-refractivity contribution < 1.29 is 19.1 Å². The van der Waals surface area contributed by atoms with E-state index in [2.05, 4.69) is 19.9 Å². The van der Waals surface area contributed by atoms with Gasteiger partial charge in [0.05, 0.1) is 0 Å². The van der Waals surface area contributed by atoms with Crippen molar-refractivity contribution in [2.24, 2.45) is 0 Å². The number of rotatable bonds is 6. The van der Waals surface area contributed by atoms with E-state index < -0.39 is 5.97 Å². The number of carbonyl (C=O) groups is 1. The van der Waals surface area contributed by atoms with Crippen LogP contribution in [0.25, 0.3) is 11.0 Å². The number of aryl methyl sites for hydroxylation is 1. The Labute approximate surface area is 148 Å². The Hall–Kier alpha value is -2.49. The molecule has 4 heteroatoms. The second kappa shape index (κ2) is 8.06. The van der Waals surface area contributed by atoms with Gasteiger partial charge in [-0.3, -0.25) is 0 Å². The SMILES string of the molecule is CC(C)=CCC/C(C)=C/COC(=O)c1cc2cc(O)c(C)c(C)c2o1. The molecule has 0 saturated heterocycles. The van der Waals surface area contributed by atoms with Gasteiger partial charge in [0.1, 0.15) is 17.9 Å². The van der Waals surface area contributed by atoms with Gasteiger partial charge in [-0.15, -0.1) is 0 Å². The van der Waals surface area contributed by atoms with Crippen LogP contribution in [0.2, 0.25) is 0 Å². The molecule has 2 aromatic rings. The van der Waals surface area contributed by atoms with Crippen LogP contribution < -0.4 is 0 Å². The number of fused-ring (bicyclic) bond motifs is 1. The van der Waals surface area contributed by atoms with Crippen LogP contribution in [0.5, 0.6) is 5.75 Å². The average molecular weight is 342 g/mol. The molecule has 0 unspecified atom stereocenters. The summed E-state index contributed by atoms with van der Waals surface area (Å²) >= 11 is 0. The predicted octanol–water partition coefficient (Wildman–Crippen LogP) is 5.60. The van der Waals surface area contributed by atoms with Gasteiger partial charge in [-0.25, -0.2) is 4.79 Å². The Kier molecular flexibility index (Phi) is 6.07. The summed E-state index contributed by atoms with van der Waals surface area (Å²) in [6.07, 6.45) is 6.05. The zero-order valence-corrected chi connectivity index (χ0v) is 15.6. The first-order chi connectivity index (χ1) is 11.8. The number of phenolic OH excluding ortho intramolecular Hbond substituents is 1.